The minimum Gasteiger partial charge on any atom is -0.392 e. The van der Waals surface area contributed by atoms with Crippen LogP contribution in [0.3, 0.4) is 0 Å². The molecule has 9 unspecified atom stereocenters. The van der Waals surface area contributed by atoms with Crippen molar-refractivity contribution in [2.45, 2.75) is 194 Å². The number of carbonyl (C=O) groups is 1. The molecule has 0 aliphatic carbocycles. The summed E-state index contributed by atoms with van der Waals surface area (Å²) in [5.41, 5.74) is 8.05. The second-order valence-corrected chi connectivity index (χ2v) is 17.0. The highest BCUT2D eigenvalue weighted by Gasteiger charge is 2.57. The van der Waals surface area contributed by atoms with E-state index >= 15 is 0 Å². The van der Waals surface area contributed by atoms with Crippen LogP contribution in [0, 0.1) is 11.8 Å². The highest BCUT2D eigenvalue weighted by atomic mass is 16.6. The average molecular weight is 716 g/mol. The van der Waals surface area contributed by atoms with E-state index in [2.05, 4.69) is 20.1 Å². The first-order chi connectivity index (χ1) is 24.6. The zero-order chi connectivity index (χ0) is 35.4. The van der Waals surface area contributed by atoms with E-state index < -0.39 is 6.10 Å². The van der Waals surface area contributed by atoms with Gasteiger partial charge in [0.05, 0.1) is 79.4 Å². The van der Waals surface area contributed by atoms with Crippen molar-refractivity contribution in [3.63, 3.8) is 0 Å². The van der Waals surface area contributed by atoms with Crippen LogP contribution in [0.15, 0.2) is 24.3 Å². The Balaban J connectivity index is 1.05. The summed E-state index contributed by atoms with van der Waals surface area (Å²) in [6.07, 6.45) is 7.76. The average Bonchev–Trinajstić information content (AvgIpc) is 3.73. The summed E-state index contributed by atoms with van der Waals surface area (Å²) in [4.78, 5) is 14.0. The van der Waals surface area contributed by atoms with Gasteiger partial charge in [-0.15, -0.1) is 0 Å². The Labute approximate surface area is 303 Å². The van der Waals surface area contributed by atoms with Gasteiger partial charge in [0.15, 0.2) is 0 Å². The number of fused-ring (bicyclic) bond motifs is 8. The largest absolute Gasteiger partial charge is 0.392 e. The molecule has 0 aromatic carbocycles. The number of Topliss-reactive ketones (excluding diaryl/α,β-unsaturated/α-hetero) is 1. The standard InChI is InChI=1S/C40H61NO10/c1-20-11-26-7-9-31-21(2)12-25(45-31)5-6-28-16-29-17-36-39(49-29)40(48-28)38-32(50-36)10-8-27(47-38)13-23(42)14-30-34(18-33(46-26)22(20)3)51-35(37(30)44-4)15-24(43)19-41/h20,24-40,43H,2-3,5-19,41H2,1,4H3/t20-,24?,25?,26+,27?,28+,29-,30?,31+,32+,33?,34+,35-,36?,37-,38?,39?,40?/m1/s1. The van der Waals surface area contributed by atoms with Gasteiger partial charge in [-0.3, -0.25) is 4.79 Å². The van der Waals surface area contributed by atoms with Crippen LogP contribution < -0.4 is 5.73 Å². The number of rotatable bonds is 4. The maximum Gasteiger partial charge on any atom is 0.135 e. The topological polar surface area (TPSA) is 137 Å². The quantitative estimate of drug-likeness (QED) is 0.407. The predicted octanol–water partition coefficient (Wildman–Crippen LogP) is 4.10. The van der Waals surface area contributed by atoms with Crippen molar-refractivity contribution in [1.82, 2.24) is 0 Å². The van der Waals surface area contributed by atoms with Crippen LogP contribution in [0.2, 0.25) is 0 Å². The number of hydrogen-bond acceptors (Lipinski definition) is 11. The van der Waals surface area contributed by atoms with E-state index in [1.807, 2.05) is 0 Å². The number of hydrogen-bond donors (Lipinski definition) is 2. The second kappa shape index (κ2) is 15.5. The van der Waals surface area contributed by atoms with Gasteiger partial charge in [-0.2, -0.15) is 0 Å². The summed E-state index contributed by atoms with van der Waals surface area (Å²) >= 11 is 0. The first kappa shape index (κ1) is 36.7. The van der Waals surface area contributed by atoms with Crippen LogP contribution in [-0.2, 0) is 42.7 Å². The molecule has 8 aliphatic heterocycles. The minimum atomic E-state index is -0.720. The Hall–Kier alpha value is -1.25. The van der Waals surface area contributed by atoms with Gasteiger partial charge in [0, 0.05) is 51.7 Å². The van der Waals surface area contributed by atoms with E-state index in [0.717, 1.165) is 69.8 Å². The molecule has 8 heterocycles. The van der Waals surface area contributed by atoms with E-state index in [1.165, 1.54) is 5.57 Å². The van der Waals surface area contributed by atoms with E-state index in [4.69, 9.17) is 43.6 Å². The first-order valence-corrected chi connectivity index (χ1v) is 20.0. The third-order valence-corrected chi connectivity index (χ3v) is 13.5. The number of aliphatic hydroxyl groups is 1. The number of carbonyl (C=O) groups excluding carboxylic acids is 1. The summed E-state index contributed by atoms with van der Waals surface area (Å²) in [5.74, 6) is 0.209. The third-order valence-electron chi connectivity index (χ3n) is 13.5. The molecule has 18 atom stereocenters. The molecule has 0 amide bonds. The van der Waals surface area contributed by atoms with Gasteiger partial charge in [0.2, 0.25) is 0 Å². The Morgan fingerprint density at radius 2 is 1.41 bits per heavy atom. The van der Waals surface area contributed by atoms with Gasteiger partial charge in [-0.25, -0.2) is 0 Å². The lowest BCUT2D eigenvalue weighted by atomic mass is 9.81. The monoisotopic (exact) mass is 715 g/mol. The van der Waals surface area contributed by atoms with Gasteiger partial charge in [0.25, 0.3) is 0 Å². The van der Waals surface area contributed by atoms with Crippen molar-refractivity contribution in [2.75, 3.05) is 13.7 Å². The molecule has 0 aromatic heterocycles. The smallest absolute Gasteiger partial charge is 0.135 e. The lowest BCUT2D eigenvalue weighted by molar-refractivity contribution is -0.266. The molecule has 3 N–H and O–H groups in total. The van der Waals surface area contributed by atoms with Crippen LogP contribution in [0.4, 0.5) is 0 Å². The molecule has 8 aliphatic rings. The zero-order valence-electron chi connectivity index (χ0n) is 30.6. The van der Waals surface area contributed by atoms with Gasteiger partial charge in [-0.1, -0.05) is 20.1 Å². The molecule has 0 aromatic rings. The Morgan fingerprint density at radius 3 is 2.24 bits per heavy atom. The number of aliphatic hydroxyl groups excluding tert-OH is 1. The van der Waals surface area contributed by atoms with Gasteiger partial charge in [-0.05, 0) is 74.9 Å². The van der Waals surface area contributed by atoms with Gasteiger partial charge < -0.3 is 48.7 Å². The number of nitrogens with two attached hydrogens (primary N) is 1. The maximum atomic E-state index is 14.0. The fourth-order valence-corrected chi connectivity index (χ4v) is 10.8. The summed E-state index contributed by atoms with van der Waals surface area (Å²) in [5, 5.41) is 10.5. The molecule has 0 spiro atoms. The summed E-state index contributed by atoms with van der Waals surface area (Å²) < 4.78 is 53.0. The molecular formula is C40H61NO10. The van der Waals surface area contributed by atoms with E-state index in [1.54, 1.807) is 7.11 Å². The van der Waals surface area contributed by atoms with Gasteiger partial charge >= 0.3 is 0 Å². The number of ketones is 1. The zero-order valence-corrected chi connectivity index (χ0v) is 30.6. The van der Waals surface area contributed by atoms with E-state index in [0.29, 0.717) is 31.6 Å². The van der Waals surface area contributed by atoms with Crippen molar-refractivity contribution in [3.8, 4) is 0 Å². The summed E-state index contributed by atoms with van der Waals surface area (Å²) in [6, 6.07) is 0. The van der Waals surface area contributed by atoms with Crippen LogP contribution in [0.5, 0.6) is 0 Å². The fourth-order valence-electron chi connectivity index (χ4n) is 10.8. The highest BCUT2D eigenvalue weighted by molar-refractivity contribution is 5.79. The van der Waals surface area contributed by atoms with Crippen LogP contribution in [0.1, 0.15) is 96.8 Å². The summed E-state index contributed by atoms with van der Waals surface area (Å²) in [7, 11) is 1.67. The molecule has 11 heteroatoms. The molecule has 51 heavy (non-hydrogen) atoms. The second-order valence-electron chi connectivity index (χ2n) is 17.0. The van der Waals surface area contributed by atoms with E-state index in [9.17, 15) is 9.90 Å². The minimum absolute atomic E-state index is 0.0278. The molecule has 11 nitrogen and oxygen atoms in total. The molecule has 10 bridgehead atoms. The first-order valence-electron chi connectivity index (χ1n) is 20.0. The van der Waals surface area contributed by atoms with Crippen molar-refractivity contribution in [1.29, 1.82) is 0 Å². The SMILES string of the molecule is C=C1C2C[C@@H]3O[C@H](CC(O)CN)[C@H](OC)C3CC(=O)CC3CC[C@@H]4OC5C[C@H]6C[C@H](CCC7CC(=C)[C@H](CC[C@@H](C[C@H]1C)O2)O7)OC(C5O6)C4O3. The predicted molar refractivity (Wildman–Crippen MR) is 187 cm³/mol. The molecule has 8 rings (SSSR count). The molecule has 0 radical (unpaired) electrons. The molecule has 8 fully saturated rings. The highest BCUT2D eigenvalue weighted by Crippen LogP contribution is 2.46. The summed E-state index contributed by atoms with van der Waals surface area (Å²) in [6.45, 7) is 11.3. The fraction of sp³-hybridized carbons (Fsp3) is 0.875. The molecular weight excluding hydrogens is 654 g/mol. The molecule has 286 valence electrons. The Kier molecular flexibility index (Phi) is 11.1. The Bertz CT molecular complexity index is 1280. The third kappa shape index (κ3) is 7.68. The van der Waals surface area contributed by atoms with Gasteiger partial charge in [0.1, 0.15) is 24.1 Å². The van der Waals surface area contributed by atoms with Crippen LogP contribution >= 0.6 is 0 Å². The van der Waals surface area contributed by atoms with Crippen molar-refractivity contribution < 1.29 is 47.8 Å². The van der Waals surface area contributed by atoms with Crippen molar-refractivity contribution in [3.05, 3.63) is 24.3 Å². The number of methoxy groups -OCH3 is 1. The lowest BCUT2D eigenvalue weighted by Gasteiger charge is -2.48. The Morgan fingerprint density at radius 1 is 0.725 bits per heavy atom. The number of ether oxygens (including phenoxy) is 8. The molecule has 8 saturated heterocycles. The van der Waals surface area contributed by atoms with E-state index in [-0.39, 0.29) is 110 Å². The van der Waals surface area contributed by atoms with Crippen molar-refractivity contribution >= 4 is 5.78 Å². The van der Waals surface area contributed by atoms with Crippen LogP contribution in [-0.4, -0.2) is 122 Å². The lowest BCUT2D eigenvalue weighted by Crippen LogP contribution is -2.61. The maximum absolute atomic E-state index is 14.0. The van der Waals surface area contributed by atoms with Crippen LogP contribution in [0.25, 0.3) is 0 Å². The van der Waals surface area contributed by atoms with Crippen molar-refractivity contribution in [2.24, 2.45) is 17.6 Å². The normalized spacial score (nSPS) is 49.6. The molecule has 0 saturated carbocycles.